The fourth-order valence-corrected chi connectivity index (χ4v) is 1.17. The molecule has 0 aliphatic heterocycles. The second-order valence-corrected chi connectivity index (χ2v) is 3.03. The van der Waals surface area contributed by atoms with E-state index in [9.17, 15) is 9.59 Å². The highest BCUT2D eigenvalue weighted by molar-refractivity contribution is 5.93. The molecule has 1 N–H and O–H groups in total. The van der Waals surface area contributed by atoms with Crippen LogP contribution in [-0.4, -0.2) is 10.6 Å². The monoisotopic (exact) mass is 192 g/mol. The molecule has 1 heterocycles. The molecule has 0 spiro atoms. The summed E-state index contributed by atoms with van der Waals surface area (Å²) in [5, 5.41) is 0. The quantitative estimate of drug-likeness (QED) is 0.702. The van der Waals surface area contributed by atoms with E-state index in [1.54, 1.807) is 6.92 Å². The molecular formula is C10H12N2O2. The Morgan fingerprint density at radius 2 is 2.14 bits per heavy atom. The van der Waals surface area contributed by atoms with Gasteiger partial charge in [-0.15, -0.1) is 0 Å². The second kappa shape index (κ2) is 3.91. The van der Waals surface area contributed by atoms with Crippen molar-refractivity contribution in [3.8, 4) is 0 Å². The molecule has 1 rings (SSSR count). The summed E-state index contributed by atoms with van der Waals surface area (Å²) < 4.78 is 1.19. The number of amides is 1. The number of nitrogens with zero attached hydrogens (tertiary/aromatic N) is 1. The summed E-state index contributed by atoms with van der Waals surface area (Å²) in [5.41, 5.74) is 3.71. The van der Waals surface area contributed by atoms with Crippen LogP contribution in [0.15, 0.2) is 29.6 Å². The summed E-state index contributed by atoms with van der Waals surface area (Å²) in [5.74, 6) is -0.404. The highest BCUT2D eigenvalue weighted by Crippen LogP contribution is 1.97. The molecule has 0 saturated carbocycles. The van der Waals surface area contributed by atoms with Gasteiger partial charge in [0.2, 0.25) is 0 Å². The van der Waals surface area contributed by atoms with Gasteiger partial charge in [-0.1, -0.05) is 6.58 Å². The van der Waals surface area contributed by atoms with E-state index in [0.29, 0.717) is 5.69 Å². The largest absolute Gasteiger partial charge is 0.269 e. The van der Waals surface area contributed by atoms with Gasteiger partial charge in [-0.3, -0.25) is 15.0 Å². The molecule has 0 aromatic carbocycles. The van der Waals surface area contributed by atoms with E-state index in [2.05, 4.69) is 12.0 Å². The smallest absolute Gasteiger partial charge is 0.268 e. The number of carbonyl (C=O) groups is 1. The molecule has 14 heavy (non-hydrogen) atoms. The number of hydrogen-bond donors (Lipinski definition) is 1. The minimum atomic E-state index is -0.404. The van der Waals surface area contributed by atoms with Crippen molar-refractivity contribution in [3.05, 3.63) is 46.4 Å². The standard InChI is InChI=1S/C10H12N2O2/c1-4-9(13)11-12-8(3)5-7(2)6-10(12)14/h4-6H,1H2,2-3H3,(H,11,13). The van der Waals surface area contributed by atoms with Gasteiger partial charge in [-0.25, -0.2) is 4.68 Å². The Labute approximate surface area is 81.8 Å². The van der Waals surface area contributed by atoms with E-state index in [1.165, 1.54) is 10.7 Å². The maximum atomic E-state index is 11.4. The lowest BCUT2D eigenvalue weighted by Crippen LogP contribution is -2.33. The van der Waals surface area contributed by atoms with Gasteiger partial charge < -0.3 is 0 Å². The second-order valence-electron chi connectivity index (χ2n) is 3.03. The molecule has 0 bridgehead atoms. The zero-order chi connectivity index (χ0) is 10.7. The Hall–Kier alpha value is -1.84. The number of rotatable bonds is 2. The Bertz CT molecular complexity index is 432. The predicted octanol–water partition coefficient (Wildman–Crippen LogP) is 0.721. The maximum absolute atomic E-state index is 11.4. The first-order valence-electron chi connectivity index (χ1n) is 4.18. The van der Waals surface area contributed by atoms with Gasteiger partial charge >= 0.3 is 0 Å². The molecule has 0 atom stereocenters. The molecule has 0 radical (unpaired) electrons. The molecule has 1 aromatic heterocycles. The van der Waals surface area contributed by atoms with Crippen LogP contribution in [0, 0.1) is 13.8 Å². The van der Waals surface area contributed by atoms with Crippen molar-refractivity contribution >= 4 is 5.91 Å². The highest BCUT2D eigenvalue weighted by atomic mass is 16.2. The van der Waals surface area contributed by atoms with E-state index in [0.717, 1.165) is 11.6 Å². The van der Waals surface area contributed by atoms with E-state index in [-0.39, 0.29) is 5.56 Å². The number of aromatic nitrogens is 1. The van der Waals surface area contributed by atoms with Crippen LogP contribution in [0.25, 0.3) is 0 Å². The summed E-state index contributed by atoms with van der Waals surface area (Å²) in [6.07, 6.45) is 1.12. The Kier molecular flexibility index (Phi) is 2.86. The number of nitrogens with one attached hydrogen (secondary N) is 1. The lowest BCUT2D eigenvalue weighted by atomic mass is 10.2. The minimum Gasteiger partial charge on any atom is -0.268 e. The number of aryl methyl sites for hydroxylation is 2. The number of pyridine rings is 1. The van der Waals surface area contributed by atoms with Gasteiger partial charge in [0.25, 0.3) is 11.5 Å². The van der Waals surface area contributed by atoms with Gasteiger partial charge in [-0.2, -0.15) is 0 Å². The van der Waals surface area contributed by atoms with Gasteiger partial charge in [0.1, 0.15) is 0 Å². The van der Waals surface area contributed by atoms with Gasteiger partial charge in [-0.05, 0) is 31.6 Å². The maximum Gasteiger partial charge on any atom is 0.269 e. The lowest BCUT2D eigenvalue weighted by Gasteiger charge is -2.09. The van der Waals surface area contributed by atoms with Crippen LogP contribution in [-0.2, 0) is 4.79 Å². The average Bonchev–Trinajstić information content (AvgIpc) is 2.10. The molecule has 0 saturated heterocycles. The van der Waals surface area contributed by atoms with E-state index in [1.807, 2.05) is 13.0 Å². The first-order valence-corrected chi connectivity index (χ1v) is 4.18. The normalized spacial score (nSPS) is 9.57. The van der Waals surface area contributed by atoms with Crippen molar-refractivity contribution in [2.45, 2.75) is 13.8 Å². The number of carbonyl (C=O) groups excluding carboxylic acids is 1. The van der Waals surface area contributed by atoms with E-state index >= 15 is 0 Å². The molecule has 0 aliphatic rings. The third kappa shape index (κ3) is 2.10. The summed E-state index contributed by atoms with van der Waals surface area (Å²) in [6, 6.07) is 3.27. The predicted molar refractivity (Wildman–Crippen MR) is 54.7 cm³/mol. The van der Waals surface area contributed by atoms with Crippen LogP contribution in [0.2, 0.25) is 0 Å². The van der Waals surface area contributed by atoms with Crippen LogP contribution in [0.5, 0.6) is 0 Å². The molecular weight excluding hydrogens is 180 g/mol. The molecule has 4 heteroatoms. The zero-order valence-electron chi connectivity index (χ0n) is 8.20. The van der Waals surface area contributed by atoms with Crippen molar-refractivity contribution in [3.63, 3.8) is 0 Å². The molecule has 74 valence electrons. The van der Waals surface area contributed by atoms with Crippen molar-refractivity contribution in [1.82, 2.24) is 4.68 Å². The lowest BCUT2D eigenvalue weighted by molar-refractivity contribution is -0.112. The molecule has 1 aromatic rings. The number of hydrogen-bond acceptors (Lipinski definition) is 2. The Morgan fingerprint density at radius 3 is 2.64 bits per heavy atom. The van der Waals surface area contributed by atoms with Crippen LogP contribution in [0.4, 0.5) is 0 Å². The van der Waals surface area contributed by atoms with Crippen LogP contribution in [0.1, 0.15) is 11.3 Å². The summed E-state index contributed by atoms with van der Waals surface area (Å²) >= 11 is 0. The highest BCUT2D eigenvalue weighted by Gasteiger charge is 2.02. The van der Waals surface area contributed by atoms with Crippen molar-refractivity contribution in [1.29, 1.82) is 0 Å². The minimum absolute atomic E-state index is 0.252. The van der Waals surface area contributed by atoms with E-state index < -0.39 is 5.91 Å². The molecule has 1 amide bonds. The summed E-state index contributed by atoms with van der Waals surface area (Å²) in [4.78, 5) is 22.4. The SMILES string of the molecule is C=CC(=O)Nn1c(C)cc(C)cc1=O. The van der Waals surface area contributed by atoms with Crippen molar-refractivity contribution in [2.75, 3.05) is 5.43 Å². The summed E-state index contributed by atoms with van der Waals surface area (Å²) in [6.45, 7) is 6.88. The first kappa shape index (κ1) is 10.2. The zero-order valence-corrected chi connectivity index (χ0v) is 8.20. The van der Waals surface area contributed by atoms with Crippen molar-refractivity contribution in [2.24, 2.45) is 0 Å². The summed E-state index contributed by atoms with van der Waals surface area (Å²) in [7, 11) is 0. The van der Waals surface area contributed by atoms with Gasteiger partial charge in [0.05, 0.1) is 0 Å². The van der Waals surface area contributed by atoms with E-state index in [4.69, 9.17) is 0 Å². The Morgan fingerprint density at radius 1 is 1.50 bits per heavy atom. The van der Waals surface area contributed by atoms with Crippen LogP contribution in [0.3, 0.4) is 0 Å². The molecule has 0 aliphatic carbocycles. The third-order valence-corrected chi connectivity index (χ3v) is 1.77. The van der Waals surface area contributed by atoms with Crippen LogP contribution < -0.4 is 11.0 Å². The fourth-order valence-electron chi connectivity index (χ4n) is 1.17. The van der Waals surface area contributed by atoms with Crippen molar-refractivity contribution < 1.29 is 4.79 Å². The molecule has 4 nitrogen and oxygen atoms in total. The molecule has 0 fully saturated rings. The fraction of sp³-hybridized carbons (Fsp3) is 0.200. The third-order valence-electron chi connectivity index (χ3n) is 1.77. The van der Waals surface area contributed by atoms with Crippen LogP contribution >= 0.6 is 0 Å². The molecule has 0 unspecified atom stereocenters. The van der Waals surface area contributed by atoms with Gasteiger partial charge in [0.15, 0.2) is 0 Å². The average molecular weight is 192 g/mol. The Balaban J connectivity index is 3.15. The van der Waals surface area contributed by atoms with Gasteiger partial charge in [0, 0.05) is 11.8 Å². The first-order chi connectivity index (χ1) is 6.54. The topological polar surface area (TPSA) is 51.1 Å².